The Labute approximate surface area is 191 Å². The van der Waals surface area contributed by atoms with E-state index in [4.69, 9.17) is 5.73 Å². The van der Waals surface area contributed by atoms with Gasteiger partial charge in [-0.3, -0.25) is 14.4 Å². The molecule has 1 rings (SSSR count). The van der Waals surface area contributed by atoms with E-state index in [1.165, 1.54) is 4.90 Å². The summed E-state index contributed by atoms with van der Waals surface area (Å²) in [7, 11) is 0. The van der Waals surface area contributed by atoms with Crippen LogP contribution in [0.4, 0.5) is 0 Å². The second kappa shape index (κ2) is 12.8. The summed E-state index contributed by atoms with van der Waals surface area (Å²) < 4.78 is 0. The highest BCUT2D eigenvalue weighted by atomic mass is 16.4. The summed E-state index contributed by atoms with van der Waals surface area (Å²) in [5.41, 5.74) is 6.06. The molecule has 7 unspecified atom stereocenters. The maximum Gasteiger partial charge on any atom is 0.326 e. The van der Waals surface area contributed by atoms with Gasteiger partial charge >= 0.3 is 5.97 Å². The van der Waals surface area contributed by atoms with Gasteiger partial charge in [-0.25, -0.2) is 4.79 Å². The van der Waals surface area contributed by atoms with Gasteiger partial charge in [0.2, 0.25) is 17.7 Å². The van der Waals surface area contributed by atoms with Gasteiger partial charge in [0.1, 0.15) is 18.1 Å². The summed E-state index contributed by atoms with van der Waals surface area (Å²) in [6, 6.07) is -3.27. The molecule has 1 aliphatic heterocycles. The van der Waals surface area contributed by atoms with Crippen LogP contribution in [0.25, 0.3) is 0 Å². The van der Waals surface area contributed by atoms with Crippen molar-refractivity contribution in [2.75, 3.05) is 6.54 Å². The van der Waals surface area contributed by atoms with E-state index in [2.05, 4.69) is 10.6 Å². The van der Waals surface area contributed by atoms with E-state index in [0.29, 0.717) is 32.2 Å². The second-order valence-corrected chi connectivity index (χ2v) is 9.18. The van der Waals surface area contributed by atoms with Gasteiger partial charge < -0.3 is 26.4 Å². The van der Waals surface area contributed by atoms with Gasteiger partial charge in [0.05, 0.1) is 6.04 Å². The summed E-state index contributed by atoms with van der Waals surface area (Å²) in [6.45, 7) is 11.7. The zero-order chi connectivity index (χ0) is 24.6. The van der Waals surface area contributed by atoms with Crippen molar-refractivity contribution in [1.82, 2.24) is 15.5 Å². The zero-order valence-electron chi connectivity index (χ0n) is 20.4. The fraction of sp³-hybridized carbons (Fsp3) is 0.826. The molecule has 7 atom stereocenters. The first kappa shape index (κ1) is 27.9. The number of hydrogen-bond donors (Lipinski definition) is 4. The van der Waals surface area contributed by atoms with Gasteiger partial charge in [-0.2, -0.15) is 0 Å². The molecule has 9 heteroatoms. The first-order valence-electron chi connectivity index (χ1n) is 11.9. The number of nitrogens with two attached hydrogens (primary N) is 1. The molecule has 0 radical (unpaired) electrons. The Morgan fingerprint density at radius 3 is 1.97 bits per heavy atom. The van der Waals surface area contributed by atoms with Crippen LogP contribution >= 0.6 is 0 Å². The summed E-state index contributed by atoms with van der Waals surface area (Å²) in [5.74, 6) is -2.66. The minimum absolute atomic E-state index is 0.0264. The first-order chi connectivity index (χ1) is 15.0. The Morgan fingerprint density at radius 2 is 1.47 bits per heavy atom. The highest BCUT2D eigenvalue weighted by Crippen LogP contribution is 2.22. The third kappa shape index (κ3) is 6.92. The van der Waals surface area contributed by atoms with Crippen molar-refractivity contribution in [3.8, 4) is 0 Å². The molecule has 0 saturated carbocycles. The Kier molecular flexibility index (Phi) is 11.1. The highest BCUT2D eigenvalue weighted by Gasteiger charge is 2.41. The summed E-state index contributed by atoms with van der Waals surface area (Å²) in [6.07, 6.45) is 3.10. The minimum Gasteiger partial charge on any atom is -0.480 e. The van der Waals surface area contributed by atoms with Crippen molar-refractivity contribution in [2.45, 2.75) is 97.8 Å². The van der Waals surface area contributed by atoms with Crippen LogP contribution in [0.15, 0.2) is 0 Å². The molecule has 1 aliphatic rings. The van der Waals surface area contributed by atoms with Crippen molar-refractivity contribution in [1.29, 1.82) is 0 Å². The van der Waals surface area contributed by atoms with Crippen LogP contribution in [0.2, 0.25) is 0 Å². The normalized spacial score (nSPS) is 21.7. The molecule has 184 valence electrons. The largest absolute Gasteiger partial charge is 0.480 e. The molecule has 0 aliphatic carbocycles. The maximum absolute atomic E-state index is 13.4. The SMILES string of the molecule is CCC(C)C(N)C(=O)NC(C(=O)N1CCCC1C(=O)NC(C(=O)O)C(C)CC)C(C)CC. The number of rotatable bonds is 12. The number of nitrogens with one attached hydrogen (secondary N) is 2. The van der Waals surface area contributed by atoms with E-state index in [1.54, 1.807) is 6.92 Å². The lowest BCUT2D eigenvalue weighted by Gasteiger charge is -2.33. The topological polar surface area (TPSA) is 142 Å². The molecule has 1 heterocycles. The molecule has 5 N–H and O–H groups in total. The summed E-state index contributed by atoms with van der Waals surface area (Å²) in [5, 5.41) is 14.9. The molecule has 0 aromatic heterocycles. The number of carbonyl (C=O) groups is 4. The fourth-order valence-corrected chi connectivity index (χ4v) is 3.86. The van der Waals surface area contributed by atoms with E-state index < -0.39 is 36.0 Å². The van der Waals surface area contributed by atoms with Crippen molar-refractivity contribution in [3.63, 3.8) is 0 Å². The van der Waals surface area contributed by atoms with Gasteiger partial charge in [0.15, 0.2) is 0 Å². The lowest BCUT2D eigenvalue weighted by Crippen LogP contribution is -2.59. The predicted octanol–water partition coefficient (Wildman–Crippen LogP) is 1.50. The average Bonchev–Trinajstić information content (AvgIpc) is 3.27. The van der Waals surface area contributed by atoms with E-state index >= 15 is 0 Å². The van der Waals surface area contributed by atoms with Crippen molar-refractivity contribution in [2.24, 2.45) is 23.5 Å². The van der Waals surface area contributed by atoms with E-state index in [9.17, 15) is 24.3 Å². The summed E-state index contributed by atoms with van der Waals surface area (Å²) in [4.78, 5) is 52.2. The number of carbonyl (C=O) groups excluding carboxylic acids is 3. The van der Waals surface area contributed by atoms with Gasteiger partial charge in [-0.1, -0.05) is 60.8 Å². The number of carboxylic acids is 1. The van der Waals surface area contributed by atoms with Gasteiger partial charge in [0, 0.05) is 6.54 Å². The molecule has 0 aromatic carbocycles. The van der Waals surface area contributed by atoms with Crippen molar-refractivity contribution in [3.05, 3.63) is 0 Å². The molecule has 32 heavy (non-hydrogen) atoms. The number of carboxylic acid groups (broad SMARTS) is 1. The number of likely N-dealkylation sites (tertiary alicyclic amines) is 1. The molecular formula is C23H42N4O5. The molecular weight excluding hydrogens is 412 g/mol. The monoisotopic (exact) mass is 454 g/mol. The van der Waals surface area contributed by atoms with Gasteiger partial charge in [0.25, 0.3) is 0 Å². The van der Waals surface area contributed by atoms with Crippen LogP contribution in [-0.4, -0.2) is 64.4 Å². The Balaban J connectivity index is 3.02. The van der Waals surface area contributed by atoms with Crippen LogP contribution in [0.1, 0.15) is 73.6 Å². The van der Waals surface area contributed by atoms with Crippen molar-refractivity contribution >= 4 is 23.7 Å². The highest BCUT2D eigenvalue weighted by molar-refractivity contribution is 5.94. The summed E-state index contributed by atoms with van der Waals surface area (Å²) >= 11 is 0. The third-order valence-electron chi connectivity index (χ3n) is 6.95. The van der Waals surface area contributed by atoms with E-state index in [-0.39, 0.29) is 29.6 Å². The van der Waals surface area contributed by atoms with Crippen molar-refractivity contribution < 1.29 is 24.3 Å². The van der Waals surface area contributed by atoms with E-state index in [1.807, 2.05) is 34.6 Å². The number of amides is 3. The van der Waals surface area contributed by atoms with Crippen LogP contribution in [0, 0.1) is 17.8 Å². The van der Waals surface area contributed by atoms with Crippen LogP contribution in [0.5, 0.6) is 0 Å². The standard InChI is InChI=1S/C23H42N4O5/c1-7-13(4)17(24)21(29)25-18(14(5)8-2)22(30)27-12-10-11-16(27)20(28)26-19(23(31)32)15(6)9-3/h13-19H,7-12,24H2,1-6H3,(H,25,29)(H,26,28)(H,31,32). The van der Waals surface area contributed by atoms with Gasteiger partial charge in [-0.15, -0.1) is 0 Å². The predicted molar refractivity (Wildman–Crippen MR) is 123 cm³/mol. The molecule has 0 spiro atoms. The number of hydrogen-bond acceptors (Lipinski definition) is 5. The van der Waals surface area contributed by atoms with E-state index in [0.717, 1.165) is 6.42 Å². The lowest BCUT2D eigenvalue weighted by molar-refractivity contribution is -0.146. The Hall–Kier alpha value is -2.16. The fourth-order valence-electron chi connectivity index (χ4n) is 3.86. The van der Waals surface area contributed by atoms with Gasteiger partial charge in [-0.05, 0) is 30.6 Å². The van der Waals surface area contributed by atoms with Crippen LogP contribution in [0.3, 0.4) is 0 Å². The second-order valence-electron chi connectivity index (χ2n) is 9.18. The molecule has 9 nitrogen and oxygen atoms in total. The minimum atomic E-state index is -1.09. The smallest absolute Gasteiger partial charge is 0.326 e. The number of nitrogens with zero attached hydrogens (tertiary/aromatic N) is 1. The van der Waals surface area contributed by atoms with Crippen LogP contribution < -0.4 is 16.4 Å². The number of aliphatic carboxylic acids is 1. The zero-order valence-corrected chi connectivity index (χ0v) is 20.4. The molecule has 3 amide bonds. The molecule has 1 saturated heterocycles. The third-order valence-corrected chi connectivity index (χ3v) is 6.95. The average molecular weight is 455 g/mol. The first-order valence-corrected chi connectivity index (χ1v) is 11.9. The maximum atomic E-state index is 13.4. The van der Waals surface area contributed by atoms with Crippen LogP contribution in [-0.2, 0) is 19.2 Å². The Morgan fingerprint density at radius 1 is 0.938 bits per heavy atom. The lowest BCUT2D eigenvalue weighted by atomic mass is 9.94. The Bertz CT molecular complexity index is 671. The molecule has 0 aromatic rings. The quantitative estimate of drug-likeness (QED) is 0.352. The molecule has 0 bridgehead atoms. The molecule has 1 fully saturated rings.